The summed E-state index contributed by atoms with van der Waals surface area (Å²) in [5, 5.41) is 7.75. The summed E-state index contributed by atoms with van der Waals surface area (Å²) in [6.07, 6.45) is 0. The van der Waals surface area contributed by atoms with Crippen LogP contribution in [-0.4, -0.2) is 19.0 Å². The molecule has 19 heavy (non-hydrogen) atoms. The van der Waals surface area contributed by atoms with Gasteiger partial charge in [-0.1, -0.05) is 43.1 Å². The van der Waals surface area contributed by atoms with E-state index >= 15 is 0 Å². The Balaban J connectivity index is 0.00000103. The Labute approximate surface area is 135 Å². The summed E-state index contributed by atoms with van der Waals surface area (Å²) in [6.45, 7) is 7.75. The molecule has 0 saturated heterocycles. The Morgan fingerprint density at radius 2 is 2.00 bits per heavy atom. The Morgan fingerprint density at radius 1 is 1.32 bits per heavy atom. The highest BCUT2D eigenvalue weighted by atomic mass is 79.9. The zero-order valence-corrected chi connectivity index (χ0v) is 14.6. The number of nitrogens with zero attached hydrogens (tertiary/aromatic N) is 1. The summed E-state index contributed by atoms with van der Waals surface area (Å²) < 4.78 is 0. The number of rotatable bonds is 2. The second kappa shape index (κ2) is 9.45. The first-order chi connectivity index (χ1) is 8.66. The molecule has 1 unspecified atom stereocenters. The lowest BCUT2D eigenvalue weighted by Gasteiger charge is -2.16. The van der Waals surface area contributed by atoms with Crippen molar-refractivity contribution >= 4 is 46.1 Å². The Morgan fingerprint density at radius 3 is 2.53 bits per heavy atom. The van der Waals surface area contributed by atoms with E-state index in [0.717, 1.165) is 24.6 Å². The van der Waals surface area contributed by atoms with Gasteiger partial charge in [0.2, 0.25) is 0 Å². The van der Waals surface area contributed by atoms with Gasteiger partial charge in [0.15, 0.2) is 5.96 Å². The zero-order chi connectivity index (χ0) is 13.5. The molecule has 1 aliphatic heterocycles. The van der Waals surface area contributed by atoms with E-state index in [-0.39, 0.29) is 23.0 Å². The topological polar surface area (TPSA) is 36.4 Å². The molecule has 0 aliphatic carbocycles. The van der Waals surface area contributed by atoms with E-state index < -0.39 is 0 Å². The average Bonchev–Trinajstić information content (AvgIpc) is 2.84. The van der Waals surface area contributed by atoms with Crippen molar-refractivity contribution in [2.24, 2.45) is 4.99 Å². The first-order valence-electron chi connectivity index (χ1n) is 6.16. The molecule has 0 fully saturated rings. The van der Waals surface area contributed by atoms with Crippen LogP contribution in [0.4, 0.5) is 0 Å². The van der Waals surface area contributed by atoms with Gasteiger partial charge in [-0.15, -0.1) is 17.0 Å². The molecular weight excluding hydrogens is 349 g/mol. The maximum Gasteiger partial charge on any atom is 0.191 e. The van der Waals surface area contributed by atoms with E-state index in [1.165, 1.54) is 0 Å². The summed E-state index contributed by atoms with van der Waals surface area (Å²) >= 11 is 12.0. The average molecular weight is 369 g/mol. The number of nitrogens with one attached hydrogen (secondary N) is 2. The predicted octanol–water partition coefficient (Wildman–Crippen LogP) is 4.21. The third-order valence-electron chi connectivity index (χ3n) is 2.46. The molecule has 0 spiro atoms. The van der Waals surface area contributed by atoms with Crippen LogP contribution < -0.4 is 10.6 Å². The molecule has 0 amide bonds. The van der Waals surface area contributed by atoms with Crippen molar-refractivity contribution in [1.29, 1.82) is 0 Å². The molecular formula is C13H20BrCl2N3. The smallest absolute Gasteiger partial charge is 0.191 e. The fourth-order valence-electron chi connectivity index (χ4n) is 1.63. The van der Waals surface area contributed by atoms with Crippen LogP contribution in [0.25, 0.3) is 0 Å². The highest BCUT2D eigenvalue weighted by Gasteiger charge is 2.13. The first-order valence-corrected chi connectivity index (χ1v) is 6.92. The van der Waals surface area contributed by atoms with Gasteiger partial charge in [0.1, 0.15) is 0 Å². The predicted molar refractivity (Wildman–Crippen MR) is 90.0 cm³/mol. The number of aliphatic imine (C=N–C) groups is 1. The minimum absolute atomic E-state index is 0. The quantitative estimate of drug-likeness (QED) is 0.820. The number of halogens is 3. The molecule has 0 bridgehead atoms. The van der Waals surface area contributed by atoms with Gasteiger partial charge in [-0.25, -0.2) is 0 Å². The maximum atomic E-state index is 6.13. The molecule has 0 saturated carbocycles. The van der Waals surface area contributed by atoms with Crippen LogP contribution in [-0.2, 0) is 0 Å². The van der Waals surface area contributed by atoms with Crippen LogP contribution >= 0.6 is 40.2 Å². The Hall–Kier alpha value is -0.450. The summed E-state index contributed by atoms with van der Waals surface area (Å²) in [6, 6.07) is 5.62. The fourth-order valence-corrected chi connectivity index (χ4v) is 2.20. The Bertz CT molecular complexity index is 424. The van der Waals surface area contributed by atoms with Crippen LogP contribution in [0.3, 0.4) is 0 Å². The monoisotopic (exact) mass is 367 g/mol. The van der Waals surface area contributed by atoms with Crippen LogP contribution in [0.1, 0.15) is 32.4 Å². The normalized spacial score (nSPS) is 14.3. The van der Waals surface area contributed by atoms with Crippen LogP contribution in [0.5, 0.6) is 0 Å². The molecule has 1 atom stereocenters. The lowest BCUT2D eigenvalue weighted by atomic mass is 10.1. The third-order valence-corrected chi connectivity index (χ3v) is 3.02. The van der Waals surface area contributed by atoms with Gasteiger partial charge in [0.25, 0.3) is 0 Å². The van der Waals surface area contributed by atoms with Crippen molar-refractivity contribution < 1.29 is 0 Å². The molecule has 0 aromatic heterocycles. The maximum absolute atomic E-state index is 6.13. The molecule has 108 valence electrons. The SMILES string of the molecule is Br.CC.CC(NC1=NCCN1)c1ccc(Cl)cc1Cl. The van der Waals surface area contributed by atoms with Gasteiger partial charge in [-0.2, -0.15) is 0 Å². The standard InChI is InChI=1S/C11H13Cl2N3.C2H6.BrH/c1-7(16-11-14-4-5-15-11)9-3-2-8(12)6-10(9)13;1-2;/h2-3,6-7H,4-5H2,1H3,(H2,14,15,16);1-2H3;1H. The largest absolute Gasteiger partial charge is 0.355 e. The van der Waals surface area contributed by atoms with Crippen LogP contribution in [0.15, 0.2) is 23.2 Å². The second-order valence-electron chi connectivity index (χ2n) is 3.69. The van der Waals surface area contributed by atoms with E-state index in [1.807, 2.05) is 32.9 Å². The van der Waals surface area contributed by atoms with Gasteiger partial charge in [-0.3, -0.25) is 4.99 Å². The molecule has 6 heteroatoms. The summed E-state index contributed by atoms with van der Waals surface area (Å²) in [5.41, 5.74) is 1.02. The van der Waals surface area contributed by atoms with Gasteiger partial charge in [0, 0.05) is 16.6 Å². The fraction of sp³-hybridized carbons (Fsp3) is 0.462. The summed E-state index contributed by atoms with van der Waals surface area (Å²) in [7, 11) is 0. The molecule has 0 radical (unpaired) electrons. The van der Waals surface area contributed by atoms with Crippen molar-refractivity contribution in [3.8, 4) is 0 Å². The van der Waals surface area contributed by atoms with Crippen LogP contribution in [0.2, 0.25) is 10.0 Å². The van der Waals surface area contributed by atoms with Crippen molar-refractivity contribution in [3.63, 3.8) is 0 Å². The zero-order valence-electron chi connectivity index (χ0n) is 11.3. The number of benzene rings is 1. The van der Waals surface area contributed by atoms with E-state index in [0.29, 0.717) is 10.0 Å². The lowest BCUT2D eigenvalue weighted by molar-refractivity contribution is 0.702. The summed E-state index contributed by atoms with van der Waals surface area (Å²) in [4.78, 5) is 4.27. The van der Waals surface area contributed by atoms with Crippen molar-refractivity contribution in [2.75, 3.05) is 13.1 Å². The molecule has 3 nitrogen and oxygen atoms in total. The molecule has 1 aliphatic rings. The highest BCUT2D eigenvalue weighted by molar-refractivity contribution is 8.93. The highest BCUT2D eigenvalue weighted by Crippen LogP contribution is 2.25. The van der Waals surface area contributed by atoms with Crippen molar-refractivity contribution in [1.82, 2.24) is 10.6 Å². The molecule has 1 aromatic rings. The van der Waals surface area contributed by atoms with E-state index in [2.05, 4.69) is 15.6 Å². The number of hydrogen-bond donors (Lipinski definition) is 2. The van der Waals surface area contributed by atoms with Crippen LogP contribution in [0, 0.1) is 0 Å². The third kappa shape index (κ3) is 5.59. The van der Waals surface area contributed by atoms with Crippen molar-refractivity contribution in [2.45, 2.75) is 26.8 Å². The van der Waals surface area contributed by atoms with E-state index in [4.69, 9.17) is 23.2 Å². The van der Waals surface area contributed by atoms with Crippen molar-refractivity contribution in [3.05, 3.63) is 33.8 Å². The minimum Gasteiger partial charge on any atom is -0.355 e. The molecule has 1 heterocycles. The number of hydrogen-bond acceptors (Lipinski definition) is 3. The Kier molecular flexibility index (Phi) is 9.23. The molecule has 2 rings (SSSR count). The van der Waals surface area contributed by atoms with Gasteiger partial charge in [-0.05, 0) is 24.6 Å². The van der Waals surface area contributed by atoms with Gasteiger partial charge in [0.05, 0.1) is 12.6 Å². The lowest BCUT2D eigenvalue weighted by Crippen LogP contribution is -2.35. The van der Waals surface area contributed by atoms with E-state index in [9.17, 15) is 0 Å². The van der Waals surface area contributed by atoms with Gasteiger partial charge < -0.3 is 10.6 Å². The first kappa shape index (κ1) is 18.6. The second-order valence-corrected chi connectivity index (χ2v) is 4.53. The summed E-state index contributed by atoms with van der Waals surface area (Å²) in [5.74, 6) is 0.832. The number of guanidine groups is 1. The molecule has 2 N–H and O–H groups in total. The molecule has 1 aromatic carbocycles. The van der Waals surface area contributed by atoms with Gasteiger partial charge >= 0.3 is 0 Å². The minimum atomic E-state index is 0. The van der Waals surface area contributed by atoms with E-state index in [1.54, 1.807) is 6.07 Å².